The largest absolute Gasteiger partial charge is 0.379 e. The SMILES string of the molecule is CCOCC(C)OC1CCCC(NC)(C(N)=O)C1. The van der Waals surface area contributed by atoms with Crippen LogP contribution in [0, 0.1) is 0 Å². The Morgan fingerprint density at radius 3 is 2.89 bits per heavy atom. The number of nitrogens with one attached hydrogen (secondary N) is 1. The zero-order chi connectivity index (χ0) is 13.6. The van der Waals surface area contributed by atoms with Crippen molar-refractivity contribution in [3.05, 3.63) is 0 Å². The molecule has 0 heterocycles. The molecule has 1 saturated carbocycles. The van der Waals surface area contributed by atoms with E-state index in [0.717, 1.165) is 19.3 Å². The number of rotatable bonds is 7. The Kier molecular flexibility index (Phi) is 6.05. The molecule has 0 saturated heterocycles. The van der Waals surface area contributed by atoms with Gasteiger partial charge in [0.15, 0.2) is 0 Å². The summed E-state index contributed by atoms with van der Waals surface area (Å²) in [6, 6.07) is 0. The van der Waals surface area contributed by atoms with Gasteiger partial charge < -0.3 is 20.5 Å². The van der Waals surface area contributed by atoms with E-state index in [0.29, 0.717) is 19.6 Å². The third-order valence-electron chi connectivity index (χ3n) is 3.64. The van der Waals surface area contributed by atoms with Crippen molar-refractivity contribution in [2.75, 3.05) is 20.3 Å². The van der Waals surface area contributed by atoms with Crippen LogP contribution >= 0.6 is 0 Å². The van der Waals surface area contributed by atoms with Crippen LogP contribution in [0.4, 0.5) is 0 Å². The van der Waals surface area contributed by atoms with E-state index in [9.17, 15) is 4.79 Å². The van der Waals surface area contributed by atoms with E-state index in [1.807, 2.05) is 13.8 Å². The van der Waals surface area contributed by atoms with Crippen molar-refractivity contribution in [2.45, 2.75) is 57.3 Å². The third-order valence-corrected chi connectivity index (χ3v) is 3.64. The van der Waals surface area contributed by atoms with Gasteiger partial charge in [0.2, 0.25) is 5.91 Å². The average Bonchev–Trinajstić information content (AvgIpc) is 2.36. The van der Waals surface area contributed by atoms with Crippen LogP contribution in [-0.4, -0.2) is 43.9 Å². The number of likely N-dealkylation sites (N-methyl/N-ethyl adjacent to an activating group) is 1. The van der Waals surface area contributed by atoms with Gasteiger partial charge in [0.1, 0.15) is 0 Å². The van der Waals surface area contributed by atoms with Crippen LogP contribution < -0.4 is 11.1 Å². The lowest BCUT2D eigenvalue weighted by Gasteiger charge is -2.39. The van der Waals surface area contributed by atoms with E-state index in [4.69, 9.17) is 15.2 Å². The molecule has 0 spiro atoms. The monoisotopic (exact) mass is 258 g/mol. The number of primary amides is 1. The van der Waals surface area contributed by atoms with Gasteiger partial charge in [0, 0.05) is 13.0 Å². The van der Waals surface area contributed by atoms with Crippen LogP contribution in [0.2, 0.25) is 0 Å². The van der Waals surface area contributed by atoms with Crippen molar-refractivity contribution < 1.29 is 14.3 Å². The highest BCUT2D eigenvalue weighted by molar-refractivity contribution is 5.84. The summed E-state index contributed by atoms with van der Waals surface area (Å²) in [4.78, 5) is 11.6. The quantitative estimate of drug-likeness (QED) is 0.709. The van der Waals surface area contributed by atoms with Crippen LogP contribution in [0.3, 0.4) is 0 Å². The van der Waals surface area contributed by atoms with E-state index in [2.05, 4.69) is 5.32 Å². The van der Waals surface area contributed by atoms with Gasteiger partial charge in [-0.2, -0.15) is 0 Å². The van der Waals surface area contributed by atoms with E-state index in [1.54, 1.807) is 7.05 Å². The molecule has 5 heteroatoms. The molecule has 0 bridgehead atoms. The summed E-state index contributed by atoms with van der Waals surface area (Å²) in [5, 5.41) is 3.08. The average molecular weight is 258 g/mol. The van der Waals surface area contributed by atoms with Gasteiger partial charge in [0.25, 0.3) is 0 Å². The van der Waals surface area contributed by atoms with E-state index in [1.165, 1.54) is 0 Å². The molecule has 106 valence electrons. The fraction of sp³-hybridized carbons (Fsp3) is 0.923. The molecule has 3 unspecified atom stereocenters. The van der Waals surface area contributed by atoms with E-state index < -0.39 is 5.54 Å². The zero-order valence-electron chi connectivity index (χ0n) is 11.7. The zero-order valence-corrected chi connectivity index (χ0v) is 11.7. The Bertz CT molecular complexity index is 273. The van der Waals surface area contributed by atoms with Gasteiger partial charge in [-0.3, -0.25) is 4.79 Å². The molecule has 0 radical (unpaired) electrons. The van der Waals surface area contributed by atoms with Crippen LogP contribution in [0.5, 0.6) is 0 Å². The molecule has 0 aromatic rings. The van der Waals surface area contributed by atoms with E-state index >= 15 is 0 Å². The van der Waals surface area contributed by atoms with Gasteiger partial charge in [-0.05, 0) is 40.2 Å². The number of carbonyl (C=O) groups excluding carboxylic acids is 1. The first-order valence-corrected chi connectivity index (χ1v) is 6.76. The van der Waals surface area contributed by atoms with Crippen LogP contribution in [-0.2, 0) is 14.3 Å². The summed E-state index contributed by atoms with van der Waals surface area (Å²) in [6.07, 6.45) is 3.50. The minimum atomic E-state index is -0.603. The Morgan fingerprint density at radius 2 is 2.33 bits per heavy atom. The predicted octanol–water partition coefficient (Wildman–Crippen LogP) is 0.814. The first-order chi connectivity index (χ1) is 8.54. The molecule has 1 amide bonds. The molecule has 1 aliphatic rings. The summed E-state index contributed by atoms with van der Waals surface area (Å²) in [5.41, 5.74) is 4.90. The maximum atomic E-state index is 11.6. The van der Waals surface area contributed by atoms with Crippen molar-refractivity contribution >= 4 is 5.91 Å². The highest BCUT2D eigenvalue weighted by Crippen LogP contribution is 2.30. The molecule has 1 aliphatic carbocycles. The molecular formula is C13H26N2O3. The summed E-state index contributed by atoms with van der Waals surface area (Å²) in [5.74, 6) is -0.282. The lowest BCUT2D eigenvalue weighted by Crippen LogP contribution is -2.57. The Hall–Kier alpha value is -0.650. The van der Waals surface area contributed by atoms with Gasteiger partial charge >= 0.3 is 0 Å². The van der Waals surface area contributed by atoms with Crippen molar-refractivity contribution in [1.82, 2.24) is 5.32 Å². The summed E-state index contributed by atoms with van der Waals surface area (Å²) in [6.45, 7) is 5.25. The van der Waals surface area contributed by atoms with Gasteiger partial charge in [-0.25, -0.2) is 0 Å². The summed E-state index contributed by atoms with van der Waals surface area (Å²) >= 11 is 0. The first kappa shape index (κ1) is 15.4. The first-order valence-electron chi connectivity index (χ1n) is 6.76. The minimum absolute atomic E-state index is 0.0514. The maximum absolute atomic E-state index is 11.6. The highest BCUT2D eigenvalue weighted by atomic mass is 16.5. The minimum Gasteiger partial charge on any atom is -0.379 e. The van der Waals surface area contributed by atoms with Gasteiger partial charge in [-0.1, -0.05) is 0 Å². The number of nitrogens with two attached hydrogens (primary N) is 1. The molecular weight excluding hydrogens is 232 g/mol. The van der Waals surface area contributed by atoms with Crippen molar-refractivity contribution in [3.8, 4) is 0 Å². The smallest absolute Gasteiger partial charge is 0.237 e. The second kappa shape index (κ2) is 7.07. The molecule has 1 rings (SSSR count). The normalized spacial score (nSPS) is 30.1. The maximum Gasteiger partial charge on any atom is 0.237 e. The number of hydrogen-bond donors (Lipinski definition) is 2. The van der Waals surface area contributed by atoms with Crippen molar-refractivity contribution in [1.29, 1.82) is 0 Å². The molecule has 1 fully saturated rings. The third kappa shape index (κ3) is 3.93. The fourth-order valence-electron chi connectivity index (χ4n) is 2.57. The molecule has 0 aliphatic heterocycles. The van der Waals surface area contributed by atoms with E-state index in [-0.39, 0.29) is 18.1 Å². The fourth-order valence-corrected chi connectivity index (χ4v) is 2.57. The number of amides is 1. The summed E-state index contributed by atoms with van der Waals surface area (Å²) < 4.78 is 11.3. The van der Waals surface area contributed by atoms with Crippen LogP contribution in [0.15, 0.2) is 0 Å². The number of carbonyl (C=O) groups is 1. The lowest BCUT2D eigenvalue weighted by atomic mass is 9.79. The molecule has 3 atom stereocenters. The van der Waals surface area contributed by atoms with Crippen LogP contribution in [0.1, 0.15) is 39.5 Å². The topological polar surface area (TPSA) is 73.6 Å². The van der Waals surface area contributed by atoms with Gasteiger partial charge in [-0.15, -0.1) is 0 Å². The second-order valence-corrected chi connectivity index (χ2v) is 5.02. The Balaban J connectivity index is 2.50. The predicted molar refractivity (Wildman–Crippen MR) is 70.3 cm³/mol. The standard InChI is InChI=1S/C13H26N2O3/c1-4-17-9-10(2)18-11-6-5-7-13(8-11,15-3)12(14)16/h10-11,15H,4-9H2,1-3H3,(H2,14,16). The molecule has 3 N–H and O–H groups in total. The van der Waals surface area contributed by atoms with Crippen molar-refractivity contribution in [3.63, 3.8) is 0 Å². The molecule has 5 nitrogen and oxygen atoms in total. The lowest BCUT2D eigenvalue weighted by molar-refractivity contribution is -0.130. The second-order valence-electron chi connectivity index (χ2n) is 5.02. The molecule has 0 aromatic carbocycles. The number of ether oxygens (including phenoxy) is 2. The number of hydrogen-bond acceptors (Lipinski definition) is 4. The molecule has 18 heavy (non-hydrogen) atoms. The van der Waals surface area contributed by atoms with Gasteiger partial charge in [0.05, 0.1) is 24.4 Å². The van der Waals surface area contributed by atoms with Crippen LogP contribution in [0.25, 0.3) is 0 Å². The summed E-state index contributed by atoms with van der Waals surface area (Å²) in [7, 11) is 1.79. The van der Waals surface area contributed by atoms with Crippen molar-refractivity contribution in [2.24, 2.45) is 5.73 Å². The Morgan fingerprint density at radius 1 is 1.61 bits per heavy atom. The highest BCUT2D eigenvalue weighted by Gasteiger charge is 2.40. The molecule has 0 aromatic heterocycles. The Labute approximate surface area is 109 Å².